The van der Waals surface area contributed by atoms with E-state index < -0.39 is 0 Å². The van der Waals surface area contributed by atoms with Gasteiger partial charge in [-0.05, 0) is 31.6 Å². The Kier molecular flexibility index (Phi) is 4.52. The van der Waals surface area contributed by atoms with Gasteiger partial charge in [-0.3, -0.25) is 9.36 Å². The minimum Gasteiger partial charge on any atom is -0.342 e. The number of rotatable bonds is 5. The zero-order chi connectivity index (χ0) is 19.1. The third-order valence-electron chi connectivity index (χ3n) is 6.33. The predicted molar refractivity (Wildman–Crippen MR) is 98.7 cm³/mol. The molecule has 0 bridgehead atoms. The number of nitrogens with zero attached hydrogens (tertiary/aromatic N) is 6. The second-order valence-corrected chi connectivity index (χ2v) is 8.36. The van der Waals surface area contributed by atoms with Crippen molar-refractivity contribution >= 4 is 5.91 Å². The highest BCUT2D eigenvalue weighted by atomic mass is 16.5. The van der Waals surface area contributed by atoms with Crippen LogP contribution in [0.1, 0.15) is 68.4 Å². The molecule has 5 rings (SSSR count). The van der Waals surface area contributed by atoms with Crippen molar-refractivity contribution in [3.8, 4) is 0 Å². The first-order chi connectivity index (χ1) is 13.7. The molecule has 9 nitrogen and oxygen atoms in total. The minimum absolute atomic E-state index is 0.0273. The Morgan fingerprint density at radius 1 is 1.11 bits per heavy atom. The van der Waals surface area contributed by atoms with Crippen molar-refractivity contribution in [1.29, 1.82) is 0 Å². The van der Waals surface area contributed by atoms with E-state index in [1.807, 2.05) is 4.90 Å². The molecule has 150 valence electrons. The Morgan fingerprint density at radius 2 is 2.00 bits per heavy atom. The van der Waals surface area contributed by atoms with Crippen LogP contribution in [-0.4, -0.2) is 48.4 Å². The topological polar surface area (TPSA) is 99.0 Å². The molecule has 1 saturated carbocycles. The first kappa shape index (κ1) is 17.6. The van der Waals surface area contributed by atoms with Gasteiger partial charge in [0.25, 0.3) is 0 Å². The summed E-state index contributed by atoms with van der Waals surface area (Å²) in [5, 5.41) is 8.55. The average molecular weight is 386 g/mol. The Labute approximate surface area is 162 Å². The maximum atomic E-state index is 12.6. The summed E-state index contributed by atoms with van der Waals surface area (Å²) in [5.41, 5.74) is -0.112. The normalized spacial score (nSPS) is 22.9. The number of fused-ring (bicyclic) bond motifs is 1. The zero-order valence-corrected chi connectivity index (χ0v) is 16.0. The Morgan fingerprint density at radius 3 is 2.82 bits per heavy atom. The van der Waals surface area contributed by atoms with Crippen molar-refractivity contribution < 1.29 is 9.32 Å². The molecule has 2 aliphatic heterocycles. The summed E-state index contributed by atoms with van der Waals surface area (Å²) in [6, 6.07) is 0. The van der Waals surface area contributed by atoms with Gasteiger partial charge in [0.05, 0.1) is 0 Å². The molecule has 4 heterocycles. The Hall–Kier alpha value is -2.45. The predicted octanol–water partition coefficient (Wildman–Crippen LogP) is 1.32. The molecule has 9 heteroatoms. The Balaban J connectivity index is 1.27. The van der Waals surface area contributed by atoms with Gasteiger partial charge < -0.3 is 9.42 Å². The van der Waals surface area contributed by atoms with Gasteiger partial charge in [0.15, 0.2) is 5.82 Å². The molecule has 1 saturated heterocycles. The van der Waals surface area contributed by atoms with Crippen molar-refractivity contribution in [3.63, 3.8) is 0 Å². The minimum atomic E-state index is -0.112. The van der Waals surface area contributed by atoms with Gasteiger partial charge >= 0.3 is 5.69 Å². The number of hydrogen-bond donors (Lipinski definition) is 0. The van der Waals surface area contributed by atoms with Crippen LogP contribution in [0, 0.1) is 5.92 Å². The number of carbonyl (C=O) groups excluding carboxylic acids is 1. The van der Waals surface area contributed by atoms with Crippen molar-refractivity contribution in [1.82, 2.24) is 29.4 Å². The van der Waals surface area contributed by atoms with Crippen LogP contribution >= 0.6 is 0 Å². The van der Waals surface area contributed by atoms with Gasteiger partial charge in [-0.25, -0.2) is 9.48 Å². The fourth-order valence-electron chi connectivity index (χ4n) is 4.46. The van der Waals surface area contributed by atoms with E-state index in [0.29, 0.717) is 30.6 Å². The number of carbonyl (C=O) groups is 1. The van der Waals surface area contributed by atoms with Crippen LogP contribution in [0.5, 0.6) is 0 Å². The smallest absolute Gasteiger partial charge is 0.342 e. The van der Waals surface area contributed by atoms with Gasteiger partial charge in [-0.2, -0.15) is 10.1 Å². The first-order valence-corrected chi connectivity index (χ1v) is 10.4. The number of aryl methyl sites for hydroxylation is 1. The maximum absolute atomic E-state index is 12.6. The standard InChI is InChI=1S/C19H26N6O3/c26-17-9-14(11-23(17)10-13-5-4-6-13)18-20-16(28-22-18)12-25-19(27)24-8-3-1-2-7-15(24)21-25/h13-14H,1-12H2. The van der Waals surface area contributed by atoms with E-state index in [1.54, 1.807) is 4.57 Å². The highest BCUT2D eigenvalue weighted by molar-refractivity contribution is 5.79. The average Bonchev–Trinajstić information content (AvgIpc) is 3.27. The van der Waals surface area contributed by atoms with Crippen LogP contribution in [0.3, 0.4) is 0 Å². The van der Waals surface area contributed by atoms with Crippen LogP contribution < -0.4 is 5.69 Å². The summed E-state index contributed by atoms with van der Waals surface area (Å²) in [4.78, 5) is 31.3. The molecule has 0 radical (unpaired) electrons. The second-order valence-electron chi connectivity index (χ2n) is 8.36. The molecule has 1 atom stereocenters. The molecular weight excluding hydrogens is 360 g/mol. The molecule has 2 fully saturated rings. The molecule has 3 aliphatic rings. The van der Waals surface area contributed by atoms with Crippen LogP contribution in [0.25, 0.3) is 0 Å². The van der Waals surface area contributed by atoms with Crippen molar-refractivity contribution in [2.75, 3.05) is 13.1 Å². The van der Waals surface area contributed by atoms with Gasteiger partial charge in [-0.15, -0.1) is 0 Å². The number of likely N-dealkylation sites (tertiary alicyclic amines) is 1. The van der Waals surface area contributed by atoms with E-state index in [0.717, 1.165) is 44.6 Å². The third-order valence-corrected chi connectivity index (χ3v) is 6.33. The van der Waals surface area contributed by atoms with Gasteiger partial charge in [-0.1, -0.05) is 18.0 Å². The number of hydrogen-bond acceptors (Lipinski definition) is 6. The molecule has 1 unspecified atom stereocenters. The van der Waals surface area contributed by atoms with E-state index >= 15 is 0 Å². The highest BCUT2D eigenvalue weighted by Crippen LogP contribution is 2.32. The van der Waals surface area contributed by atoms with E-state index in [4.69, 9.17) is 4.52 Å². The molecule has 0 aromatic carbocycles. The summed E-state index contributed by atoms with van der Waals surface area (Å²) in [7, 11) is 0. The lowest BCUT2D eigenvalue weighted by Gasteiger charge is -2.30. The quantitative estimate of drug-likeness (QED) is 0.768. The highest BCUT2D eigenvalue weighted by Gasteiger charge is 2.35. The Bertz CT molecular complexity index is 924. The van der Waals surface area contributed by atoms with Crippen LogP contribution in [0.15, 0.2) is 9.32 Å². The third kappa shape index (κ3) is 3.27. The fraction of sp³-hybridized carbons (Fsp3) is 0.737. The van der Waals surface area contributed by atoms with Crippen molar-refractivity contribution in [3.05, 3.63) is 28.0 Å². The molecule has 28 heavy (non-hydrogen) atoms. The second kappa shape index (κ2) is 7.18. The van der Waals surface area contributed by atoms with Gasteiger partial charge in [0.2, 0.25) is 11.8 Å². The van der Waals surface area contributed by atoms with E-state index in [9.17, 15) is 9.59 Å². The van der Waals surface area contributed by atoms with Crippen LogP contribution in [-0.2, 0) is 24.3 Å². The lowest BCUT2D eigenvalue weighted by molar-refractivity contribution is -0.128. The number of amides is 1. The molecular formula is C19H26N6O3. The largest absolute Gasteiger partial charge is 0.346 e. The van der Waals surface area contributed by atoms with E-state index in [1.165, 1.54) is 23.9 Å². The van der Waals surface area contributed by atoms with Gasteiger partial charge in [0, 0.05) is 38.4 Å². The summed E-state index contributed by atoms with van der Waals surface area (Å²) >= 11 is 0. The summed E-state index contributed by atoms with van der Waals surface area (Å²) in [6.07, 6.45) is 8.20. The lowest BCUT2D eigenvalue weighted by Crippen LogP contribution is -2.33. The molecule has 0 spiro atoms. The molecule has 1 aliphatic carbocycles. The van der Waals surface area contributed by atoms with Crippen molar-refractivity contribution in [2.45, 2.75) is 70.4 Å². The summed E-state index contributed by atoms with van der Waals surface area (Å²) < 4.78 is 8.56. The monoisotopic (exact) mass is 386 g/mol. The molecule has 2 aromatic rings. The van der Waals surface area contributed by atoms with E-state index in [2.05, 4.69) is 15.2 Å². The summed E-state index contributed by atoms with van der Waals surface area (Å²) in [6.45, 7) is 2.42. The van der Waals surface area contributed by atoms with Crippen LogP contribution in [0.2, 0.25) is 0 Å². The maximum Gasteiger partial charge on any atom is 0.346 e. The zero-order valence-electron chi connectivity index (χ0n) is 16.0. The summed E-state index contributed by atoms with van der Waals surface area (Å²) in [5.74, 6) is 2.59. The number of aromatic nitrogens is 5. The molecule has 1 amide bonds. The first-order valence-electron chi connectivity index (χ1n) is 10.4. The lowest BCUT2D eigenvalue weighted by atomic mass is 9.85. The van der Waals surface area contributed by atoms with E-state index in [-0.39, 0.29) is 24.1 Å². The van der Waals surface area contributed by atoms with Crippen molar-refractivity contribution in [2.24, 2.45) is 5.92 Å². The molecule has 2 aromatic heterocycles. The van der Waals surface area contributed by atoms with Gasteiger partial charge in [0.1, 0.15) is 12.4 Å². The fourth-order valence-corrected chi connectivity index (χ4v) is 4.46. The van der Waals surface area contributed by atoms with Crippen LogP contribution in [0.4, 0.5) is 0 Å². The molecule has 0 N–H and O–H groups in total. The SMILES string of the molecule is O=C1CC(c2noc(Cn3nc4n(c3=O)CCCCC4)n2)CN1CC1CCC1.